The number of rotatable bonds is 7. The molecule has 5 heterocycles. The minimum Gasteiger partial charge on any atom is -0.490 e. The van der Waals surface area contributed by atoms with Crippen molar-refractivity contribution in [2.24, 2.45) is 0 Å². The van der Waals surface area contributed by atoms with Gasteiger partial charge in [-0.25, -0.2) is 28.7 Å². The number of carbonyl (C=O) groups is 2. The Bertz CT molecular complexity index is 2620. The molecule has 2 N–H and O–H groups in total. The standard InChI is InChI=1S/C22H22F2N4O3.C20H19F3N4O/c1-22(7-8-31-19-15(24)6-5-14(23)17(19)22)27-21(29)18-20-26-16(12-3-4-12)9-13(10-30-2)28(20)11-25-18;1-12-10-15(20(21,22)23)25-17-16(24-11-27(12)17)18(28)26-19(2)9-5-7-13-6-3-4-8-14(13)19/h5-6,9,11-12H,3-4,7-8,10H2,1-2H3,(H,27,29);3-4,6,8,10-11H,5,7,9H2,1-2H3,(H,26,28). The summed E-state index contributed by atoms with van der Waals surface area (Å²) in [6.45, 7) is 5.61. The minimum atomic E-state index is -4.60. The predicted octanol–water partition coefficient (Wildman–Crippen LogP) is 7.50. The lowest BCUT2D eigenvalue weighted by molar-refractivity contribution is -0.141. The summed E-state index contributed by atoms with van der Waals surface area (Å²) in [5.41, 5.74) is 1.78. The molecule has 2 aromatic carbocycles. The molecular formula is C42H41F5N8O4. The molecule has 1 aliphatic heterocycles. The third-order valence-electron chi connectivity index (χ3n) is 11.3. The van der Waals surface area contributed by atoms with Crippen LogP contribution in [0.4, 0.5) is 22.0 Å². The highest BCUT2D eigenvalue weighted by atomic mass is 19.4. The lowest BCUT2D eigenvalue weighted by Gasteiger charge is -2.36. The minimum absolute atomic E-state index is 0.00214. The number of hydrogen-bond acceptors (Lipinski definition) is 8. The number of amides is 2. The Labute approximate surface area is 335 Å². The molecular weight excluding hydrogens is 776 g/mol. The van der Waals surface area contributed by atoms with Gasteiger partial charge in [-0.2, -0.15) is 13.2 Å². The average molecular weight is 817 g/mol. The van der Waals surface area contributed by atoms with Crippen molar-refractivity contribution in [2.75, 3.05) is 13.7 Å². The number of nitrogens with zero attached hydrogens (tertiary/aromatic N) is 6. The van der Waals surface area contributed by atoms with E-state index in [-0.39, 0.29) is 41.4 Å². The number of alkyl halides is 3. The van der Waals surface area contributed by atoms with Crippen LogP contribution in [-0.2, 0) is 35.0 Å². The van der Waals surface area contributed by atoms with Crippen LogP contribution in [0.3, 0.4) is 0 Å². The first-order valence-corrected chi connectivity index (χ1v) is 19.2. The highest BCUT2D eigenvalue weighted by Gasteiger charge is 2.41. The third-order valence-corrected chi connectivity index (χ3v) is 11.3. The van der Waals surface area contributed by atoms with Gasteiger partial charge in [-0.3, -0.25) is 18.4 Å². The van der Waals surface area contributed by atoms with Gasteiger partial charge >= 0.3 is 6.18 Å². The summed E-state index contributed by atoms with van der Waals surface area (Å²) in [4.78, 5) is 42.9. The number of aryl methyl sites for hydroxylation is 2. The van der Waals surface area contributed by atoms with Gasteiger partial charge in [0.1, 0.15) is 24.2 Å². The number of ether oxygens (including phenoxy) is 2. The van der Waals surface area contributed by atoms with Crippen molar-refractivity contribution in [3.63, 3.8) is 0 Å². The smallest absolute Gasteiger partial charge is 0.433 e. The molecule has 59 heavy (non-hydrogen) atoms. The molecule has 17 heteroatoms. The number of aromatic nitrogens is 6. The lowest BCUT2D eigenvalue weighted by Crippen LogP contribution is -2.47. The van der Waals surface area contributed by atoms with E-state index in [1.165, 1.54) is 29.5 Å². The van der Waals surface area contributed by atoms with Gasteiger partial charge in [0.15, 0.2) is 34.2 Å². The van der Waals surface area contributed by atoms with Crippen molar-refractivity contribution in [1.82, 2.24) is 39.4 Å². The van der Waals surface area contributed by atoms with Gasteiger partial charge in [0.2, 0.25) is 0 Å². The van der Waals surface area contributed by atoms with Gasteiger partial charge < -0.3 is 20.1 Å². The molecule has 0 spiro atoms. The molecule has 2 aliphatic carbocycles. The van der Waals surface area contributed by atoms with E-state index in [1.807, 2.05) is 37.3 Å². The highest BCUT2D eigenvalue weighted by molar-refractivity contribution is 5.99. The molecule has 9 rings (SSSR count). The van der Waals surface area contributed by atoms with Crippen molar-refractivity contribution in [2.45, 2.75) is 89.1 Å². The molecule has 0 radical (unpaired) electrons. The maximum absolute atomic E-state index is 14.6. The van der Waals surface area contributed by atoms with Crippen molar-refractivity contribution < 1.29 is 41.0 Å². The van der Waals surface area contributed by atoms with Gasteiger partial charge in [0, 0.05) is 30.8 Å². The Hall–Kier alpha value is -5.97. The summed E-state index contributed by atoms with van der Waals surface area (Å²) in [7, 11) is 1.60. The fourth-order valence-electron chi connectivity index (χ4n) is 8.08. The van der Waals surface area contributed by atoms with E-state index in [2.05, 4.69) is 30.6 Å². The molecule has 0 saturated heterocycles. The Kier molecular flexibility index (Phi) is 10.1. The van der Waals surface area contributed by atoms with Crippen LogP contribution in [0.2, 0.25) is 0 Å². The Morgan fingerprint density at radius 3 is 2.25 bits per heavy atom. The number of hydrogen-bond donors (Lipinski definition) is 2. The number of methoxy groups -OCH3 is 1. The van der Waals surface area contributed by atoms with Crippen LogP contribution in [0.15, 0.2) is 61.2 Å². The first-order chi connectivity index (χ1) is 28.1. The number of halogens is 5. The number of benzene rings is 2. The molecule has 0 bridgehead atoms. The molecule has 12 nitrogen and oxygen atoms in total. The SMILES string of the molecule is COCc1cc(C2CC2)nc2c(C(=O)NC3(C)CCOc4c(F)ccc(F)c43)ncn12.Cc1cc(C(F)(F)F)nc2c(C(=O)NC3(C)CCCc4ccccc43)ncn12. The van der Waals surface area contributed by atoms with E-state index in [0.717, 1.165) is 67.3 Å². The van der Waals surface area contributed by atoms with E-state index in [9.17, 15) is 31.5 Å². The average Bonchev–Trinajstić information content (AvgIpc) is 3.80. The molecule has 1 fully saturated rings. The number of nitrogens with one attached hydrogen (secondary N) is 2. The fourth-order valence-corrected chi connectivity index (χ4v) is 8.08. The molecule has 2 unspecified atom stereocenters. The van der Waals surface area contributed by atoms with Crippen LogP contribution < -0.4 is 15.4 Å². The molecule has 3 aliphatic rings. The van der Waals surface area contributed by atoms with Crippen LogP contribution in [0, 0.1) is 18.6 Å². The summed E-state index contributed by atoms with van der Waals surface area (Å²) < 4.78 is 82.0. The summed E-state index contributed by atoms with van der Waals surface area (Å²) in [5.74, 6) is -2.13. The second-order valence-electron chi connectivity index (χ2n) is 15.6. The zero-order valence-electron chi connectivity index (χ0n) is 32.7. The van der Waals surface area contributed by atoms with Gasteiger partial charge in [-0.1, -0.05) is 24.3 Å². The zero-order valence-corrected chi connectivity index (χ0v) is 32.7. The Balaban J connectivity index is 0.000000165. The van der Waals surface area contributed by atoms with E-state index in [0.29, 0.717) is 23.9 Å². The van der Waals surface area contributed by atoms with Crippen molar-refractivity contribution in [1.29, 1.82) is 0 Å². The quantitative estimate of drug-likeness (QED) is 0.158. The van der Waals surface area contributed by atoms with E-state index < -0.39 is 46.4 Å². The molecule has 308 valence electrons. The second-order valence-corrected chi connectivity index (χ2v) is 15.6. The zero-order chi connectivity index (χ0) is 41.9. The largest absolute Gasteiger partial charge is 0.490 e. The monoisotopic (exact) mass is 816 g/mol. The summed E-state index contributed by atoms with van der Waals surface area (Å²) >= 11 is 0. The van der Waals surface area contributed by atoms with Gasteiger partial charge in [0.25, 0.3) is 11.8 Å². The van der Waals surface area contributed by atoms with Crippen molar-refractivity contribution >= 4 is 23.1 Å². The summed E-state index contributed by atoms with van der Waals surface area (Å²) in [5, 5.41) is 5.84. The Morgan fingerprint density at radius 2 is 1.56 bits per heavy atom. The van der Waals surface area contributed by atoms with Crippen LogP contribution in [0.25, 0.3) is 11.3 Å². The molecule has 1 saturated carbocycles. The van der Waals surface area contributed by atoms with Crippen LogP contribution in [-0.4, -0.2) is 54.3 Å². The lowest BCUT2D eigenvalue weighted by atomic mass is 9.77. The maximum Gasteiger partial charge on any atom is 0.433 e. The number of imidazole rings is 2. The van der Waals surface area contributed by atoms with Crippen LogP contribution >= 0.6 is 0 Å². The molecule has 2 atom stereocenters. The van der Waals surface area contributed by atoms with Gasteiger partial charge in [-0.15, -0.1) is 0 Å². The predicted molar refractivity (Wildman–Crippen MR) is 204 cm³/mol. The van der Waals surface area contributed by atoms with Crippen molar-refractivity contribution in [3.8, 4) is 5.75 Å². The first kappa shape index (κ1) is 39.8. The number of fused-ring (bicyclic) bond motifs is 4. The molecule has 4 aromatic heterocycles. The summed E-state index contributed by atoms with van der Waals surface area (Å²) in [6.07, 6.45) is 3.24. The Morgan fingerprint density at radius 1 is 0.898 bits per heavy atom. The fraction of sp³-hybridized carbons (Fsp3) is 0.381. The second kappa shape index (κ2) is 15.0. The first-order valence-electron chi connectivity index (χ1n) is 19.2. The normalized spacial score (nSPS) is 19.9. The van der Waals surface area contributed by atoms with Gasteiger partial charge in [0.05, 0.1) is 35.5 Å². The molecule has 6 aromatic rings. The van der Waals surface area contributed by atoms with E-state index in [1.54, 1.807) is 18.4 Å². The van der Waals surface area contributed by atoms with Gasteiger partial charge in [-0.05, 0) is 88.3 Å². The maximum atomic E-state index is 14.6. The topological polar surface area (TPSA) is 137 Å². The summed E-state index contributed by atoms with van der Waals surface area (Å²) in [6, 6.07) is 12.9. The molecule has 2 amide bonds. The highest BCUT2D eigenvalue weighted by Crippen LogP contribution is 2.42. The van der Waals surface area contributed by atoms with Crippen LogP contribution in [0.1, 0.15) is 112 Å². The third kappa shape index (κ3) is 7.47. The van der Waals surface area contributed by atoms with Crippen molar-refractivity contribution in [3.05, 3.63) is 124 Å². The number of carbonyl (C=O) groups excluding carboxylic acids is 2. The van der Waals surface area contributed by atoms with E-state index >= 15 is 0 Å². The van der Waals surface area contributed by atoms with Crippen LogP contribution in [0.5, 0.6) is 5.75 Å². The van der Waals surface area contributed by atoms with E-state index in [4.69, 9.17) is 9.47 Å².